The Hall–Kier alpha value is -2.15. The van der Waals surface area contributed by atoms with Crippen LogP contribution in [-0.4, -0.2) is 4.98 Å². The van der Waals surface area contributed by atoms with Gasteiger partial charge in [0.1, 0.15) is 9.09 Å². The highest BCUT2D eigenvalue weighted by molar-refractivity contribution is 14.1. The van der Waals surface area contributed by atoms with Crippen LogP contribution in [0.1, 0.15) is 0 Å². The molecule has 0 aliphatic carbocycles. The Kier molecular flexibility index (Phi) is 2.81. The maximum absolute atomic E-state index is 12.6. The van der Waals surface area contributed by atoms with Gasteiger partial charge in [0.15, 0.2) is 23.3 Å². The van der Waals surface area contributed by atoms with Gasteiger partial charge in [0.05, 0.1) is 5.39 Å². The minimum atomic E-state index is -0.0611. The molecule has 0 fully saturated rings. The fourth-order valence-corrected chi connectivity index (χ4v) is 3.04. The lowest BCUT2D eigenvalue weighted by Gasteiger charge is -2.06. The van der Waals surface area contributed by atoms with Crippen molar-refractivity contribution in [3.05, 3.63) is 62.7 Å². The molecule has 4 aromatic rings. The summed E-state index contributed by atoms with van der Waals surface area (Å²) >= 11 is 2.03. The molecule has 0 aliphatic rings. The van der Waals surface area contributed by atoms with Crippen LogP contribution in [0.3, 0.4) is 0 Å². The third kappa shape index (κ3) is 1.88. The predicted molar refractivity (Wildman–Crippen MR) is 88.2 cm³/mol. The first-order chi connectivity index (χ1) is 10.3. The maximum Gasteiger partial charge on any atom is 0.206 e. The predicted octanol–water partition coefficient (Wildman–Crippen LogP) is 4.21. The molecule has 0 amide bonds. The number of hydrogen-bond donors (Lipinski definition) is 0. The second-order valence-corrected chi connectivity index (χ2v) is 5.66. The lowest BCUT2D eigenvalue weighted by atomic mass is 10.1. The molecule has 4 rings (SSSR count). The van der Waals surface area contributed by atoms with E-state index in [2.05, 4.69) is 4.98 Å². The molecule has 0 saturated carbocycles. The molecular weight excluding hydrogens is 381 g/mol. The zero-order valence-corrected chi connectivity index (χ0v) is 12.8. The summed E-state index contributed by atoms with van der Waals surface area (Å²) in [6.07, 6.45) is 1.35. The number of fused-ring (bicyclic) bond motifs is 3. The smallest absolute Gasteiger partial charge is 0.206 e. The summed E-state index contributed by atoms with van der Waals surface area (Å²) < 4.78 is 11.9. The van der Waals surface area contributed by atoms with Crippen molar-refractivity contribution in [2.45, 2.75) is 0 Å². The largest absolute Gasteiger partial charge is 0.451 e. The van der Waals surface area contributed by atoms with Crippen LogP contribution in [0.2, 0.25) is 0 Å². The summed E-state index contributed by atoms with van der Waals surface area (Å²) in [4.78, 5) is 16.7. The summed E-state index contributed by atoms with van der Waals surface area (Å²) in [6.45, 7) is 0. The van der Waals surface area contributed by atoms with E-state index in [1.807, 2.05) is 52.9 Å². The standard InChI is InChI=1S/C16H8INO3/c17-12-13(19)10-6-7-11-16(20-8-18-11)15(10)21-14(12)9-4-2-1-3-5-9/h1-8H. The molecule has 0 unspecified atom stereocenters. The molecule has 0 saturated heterocycles. The number of halogens is 1. The third-order valence-electron chi connectivity index (χ3n) is 3.34. The first-order valence-corrected chi connectivity index (χ1v) is 7.37. The van der Waals surface area contributed by atoms with Crippen LogP contribution < -0.4 is 5.43 Å². The van der Waals surface area contributed by atoms with Crippen LogP contribution in [0.25, 0.3) is 33.4 Å². The molecule has 0 spiro atoms. The molecule has 0 aliphatic heterocycles. The summed E-state index contributed by atoms with van der Waals surface area (Å²) in [7, 11) is 0. The van der Waals surface area contributed by atoms with Gasteiger partial charge in [0.2, 0.25) is 5.43 Å². The van der Waals surface area contributed by atoms with Crippen molar-refractivity contribution in [3.63, 3.8) is 0 Å². The average Bonchev–Trinajstić information content (AvgIpc) is 3.00. The molecule has 2 heterocycles. The molecule has 0 atom stereocenters. The Balaban J connectivity index is 2.18. The van der Waals surface area contributed by atoms with Crippen LogP contribution >= 0.6 is 22.6 Å². The van der Waals surface area contributed by atoms with Gasteiger partial charge in [-0.1, -0.05) is 30.3 Å². The number of oxazole rings is 1. The van der Waals surface area contributed by atoms with Crippen LogP contribution in [0.15, 0.2) is 62.5 Å². The Morgan fingerprint density at radius 1 is 1.00 bits per heavy atom. The van der Waals surface area contributed by atoms with E-state index in [0.717, 1.165) is 5.56 Å². The van der Waals surface area contributed by atoms with Crippen molar-refractivity contribution in [2.75, 3.05) is 0 Å². The van der Waals surface area contributed by atoms with Crippen LogP contribution in [-0.2, 0) is 0 Å². The first-order valence-electron chi connectivity index (χ1n) is 6.29. The van der Waals surface area contributed by atoms with E-state index in [4.69, 9.17) is 8.83 Å². The third-order valence-corrected chi connectivity index (χ3v) is 4.32. The van der Waals surface area contributed by atoms with Crippen LogP contribution in [0.5, 0.6) is 0 Å². The van der Waals surface area contributed by atoms with Crippen molar-refractivity contribution in [1.82, 2.24) is 4.98 Å². The molecule has 2 aromatic carbocycles. The van der Waals surface area contributed by atoms with Gasteiger partial charge in [-0.15, -0.1) is 0 Å². The van der Waals surface area contributed by atoms with Crippen LogP contribution in [0.4, 0.5) is 0 Å². The van der Waals surface area contributed by atoms with Crippen LogP contribution in [0, 0.1) is 3.57 Å². The summed E-state index contributed by atoms with van der Waals surface area (Å²) in [5.41, 5.74) is 2.41. The van der Waals surface area contributed by atoms with E-state index in [1.54, 1.807) is 12.1 Å². The highest BCUT2D eigenvalue weighted by Crippen LogP contribution is 2.30. The fourth-order valence-electron chi connectivity index (χ4n) is 2.33. The molecule has 102 valence electrons. The summed E-state index contributed by atoms with van der Waals surface area (Å²) in [6, 6.07) is 13.0. The Labute approximate surface area is 132 Å². The molecule has 0 N–H and O–H groups in total. The molecule has 2 aromatic heterocycles. The maximum atomic E-state index is 12.6. The topological polar surface area (TPSA) is 56.2 Å². The number of rotatable bonds is 1. The van der Waals surface area contributed by atoms with Gasteiger partial charge >= 0.3 is 0 Å². The number of benzene rings is 2. The quantitative estimate of drug-likeness (QED) is 0.458. The van der Waals surface area contributed by atoms with Crippen molar-refractivity contribution >= 4 is 44.7 Å². The monoisotopic (exact) mass is 389 g/mol. The molecular formula is C16H8INO3. The van der Waals surface area contributed by atoms with E-state index < -0.39 is 0 Å². The van der Waals surface area contributed by atoms with E-state index >= 15 is 0 Å². The number of nitrogens with zero attached hydrogens (tertiary/aromatic N) is 1. The number of hydrogen-bond acceptors (Lipinski definition) is 4. The zero-order valence-electron chi connectivity index (χ0n) is 10.7. The van der Waals surface area contributed by atoms with Crippen molar-refractivity contribution in [1.29, 1.82) is 0 Å². The average molecular weight is 389 g/mol. The molecule has 4 nitrogen and oxygen atoms in total. The van der Waals surface area contributed by atoms with Gasteiger partial charge in [0.25, 0.3) is 0 Å². The lowest BCUT2D eigenvalue weighted by Crippen LogP contribution is -2.07. The molecule has 0 radical (unpaired) electrons. The minimum absolute atomic E-state index is 0.0611. The van der Waals surface area contributed by atoms with Crippen molar-refractivity contribution in [2.24, 2.45) is 0 Å². The van der Waals surface area contributed by atoms with Crippen molar-refractivity contribution in [3.8, 4) is 11.3 Å². The van der Waals surface area contributed by atoms with Gasteiger partial charge in [0, 0.05) is 5.56 Å². The number of aromatic nitrogens is 1. The zero-order chi connectivity index (χ0) is 14.4. The molecule has 0 bridgehead atoms. The molecule has 21 heavy (non-hydrogen) atoms. The normalized spacial score (nSPS) is 11.3. The first kappa shape index (κ1) is 12.6. The second-order valence-electron chi connectivity index (χ2n) is 4.58. The van der Waals surface area contributed by atoms with Crippen molar-refractivity contribution < 1.29 is 8.83 Å². The molecule has 5 heteroatoms. The highest BCUT2D eigenvalue weighted by atomic mass is 127. The van der Waals surface area contributed by atoms with E-state index in [1.165, 1.54) is 6.39 Å². The Bertz CT molecular complexity index is 1020. The Morgan fingerprint density at radius 2 is 1.81 bits per heavy atom. The lowest BCUT2D eigenvalue weighted by molar-refractivity contribution is 0.575. The van der Waals surface area contributed by atoms with E-state index in [9.17, 15) is 4.79 Å². The summed E-state index contributed by atoms with van der Waals surface area (Å²) in [5, 5.41) is 0.503. The van der Waals surface area contributed by atoms with Gasteiger partial charge in [-0.3, -0.25) is 4.79 Å². The summed E-state index contributed by atoms with van der Waals surface area (Å²) in [5.74, 6) is 0.553. The second kappa shape index (κ2) is 4.70. The van der Waals surface area contributed by atoms with Gasteiger partial charge < -0.3 is 8.83 Å². The van der Waals surface area contributed by atoms with Gasteiger partial charge in [-0.2, -0.15) is 0 Å². The SMILES string of the molecule is O=c1c(I)c(-c2ccccc2)oc2c1ccc1ncoc12. The highest BCUT2D eigenvalue weighted by Gasteiger charge is 2.17. The fraction of sp³-hybridized carbons (Fsp3) is 0. The van der Waals surface area contributed by atoms with E-state index in [-0.39, 0.29) is 5.43 Å². The minimum Gasteiger partial charge on any atom is -0.451 e. The Morgan fingerprint density at radius 3 is 2.62 bits per heavy atom. The van der Waals surface area contributed by atoms with Gasteiger partial charge in [-0.05, 0) is 34.7 Å². The van der Waals surface area contributed by atoms with Gasteiger partial charge in [-0.25, -0.2) is 4.98 Å². The van der Waals surface area contributed by atoms with E-state index in [0.29, 0.717) is 31.4 Å².